The average Bonchev–Trinajstić information content (AvgIpc) is 2.89. The zero-order valence-electron chi connectivity index (χ0n) is 29.4. The average molecular weight is 653 g/mol. The highest BCUT2D eigenvalue weighted by atomic mass is 16.5. The molecule has 12 nitrogen and oxygen atoms in total. The zero-order valence-corrected chi connectivity index (χ0v) is 29.4. The van der Waals surface area contributed by atoms with Crippen LogP contribution >= 0.6 is 0 Å². The van der Waals surface area contributed by atoms with Crippen LogP contribution in [0.1, 0.15) is 113 Å². The second kappa shape index (κ2) is 13.2. The molecule has 6 unspecified atom stereocenters. The lowest BCUT2D eigenvalue weighted by Gasteiger charge is -2.46. The quantitative estimate of drug-likeness (QED) is 0.212. The number of isocyanates is 2. The Hall–Kier alpha value is -3.54. The number of rotatable bonds is 9. The first-order chi connectivity index (χ1) is 21.7. The van der Waals surface area contributed by atoms with Crippen LogP contribution in [-0.2, 0) is 34.0 Å². The number of aromatic nitrogens is 3. The van der Waals surface area contributed by atoms with E-state index in [1.54, 1.807) is 18.4 Å². The summed E-state index contributed by atoms with van der Waals surface area (Å²) < 4.78 is 8.97. The summed E-state index contributed by atoms with van der Waals surface area (Å²) in [5.41, 5.74) is -3.67. The van der Waals surface area contributed by atoms with Crippen molar-refractivity contribution in [2.45, 2.75) is 151 Å². The van der Waals surface area contributed by atoms with Gasteiger partial charge in [0.05, 0.1) is 12.1 Å². The maximum Gasteiger partial charge on any atom is 0.336 e. The Morgan fingerprint density at radius 3 is 1.55 bits per heavy atom. The first-order valence-electron chi connectivity index (χ1n) is 16.9. The fraction of sp³-hybridized carbons (Fsp3) is 0.829. The number of nitriles is 1. The van der Waals surface area contributed by atoms with E-state index in [4.69, 9.17) is 4.74 Å². The van der Waals surface area contributed by atoms with Crippen LogP contribution in [-0.4, -0.2) is 44.0 Å². The molecule has 1 heterocycles. The molecule has 12 heteroatoms. The fourth-order valence-corrected chi connectivity index (χ4v) is 10.2. The minimum atomic E-state index is -0.661. The lowest BCUT2D eigenvalue weighted by Crippen LogP contribution is -2.58. The molecule has 3 fully saturated rings. The molecule has 1 aromatic heterocycles. The minimum absolute atomic E-state index is 0.0653. The van der Waals surface area contributed by atoms with Gasteiger partial charge < -0.3 is 4.74 Å². The summed E-state index contributed by atoms with van der Waals surface area (Å²) in [4.78, 5) is 73.5. The molecule has 0 saturated heterocycles. The molecule has 0 radical (unpaired) electrons. The molecule has 0 spiro atoms. The summed E-state index contributed by atoms with van der Waals surface area (Å²) in [7, 11) is 0. The number of aliphatic imine (C=N–C) groups is 2. The second-order valence-corrected chi connectivity index (χ2v) is 18.0. The molecular formula is C35H52N6O6. The van der Waals surface area contributed by atoms with Crippen molar-refractivity contribution in [1.82, 2.24) is 13.7 Å². The number of ether oxygens (including phenoxy) is 1. The molecule has 4 rings (SSSR count). The van der Waals surface area contributed by atoms with Gasteiger partial charge in [0.15, 0.2) is 0 Å². The predicted molar refractivity (Wildman–Crippen MR) is 176 cm³/mol. The van der Waals surface area contributed by atoms with Crippen molar-refractivity contribution in [2.75, 3.05) is 0 Å². The molecule has 0 amide bonds. The van der Waals surface area contributed by atoms with Crippen LogP contribution in [0.15, 0.2) is 24.4 Å². The Balaban J connectivity index is 1.84. The van der Waals surface area contributed by atoms with Gasteiger partial charge in [0, 0.05) is 19.6 Å². The maximum atomic E-state index is 14.3. The summed E-state index contributed by atoms with van der Waals surface area (Å²) in [6.45, 7) is 16.8. The van der Waals surface area contributed by atoms with E-state index in [1.165, 1.54) is 13.7 Å². The molecule has 0 aliphatic heterocycles. The van der Waals surface area contributed by atoms with Gasteiger partial charge in [0.1, 0.15) is 6.10 Å². The van der Waals surface area contributed by atoms with Crippen LogP contribution in [0.5, 0.6) is 0 Å². The van der Waals surface area contributed by atoms with Crippen molar-refractivity contribution < 1.29 is 14.3 Å². The van der Waals surface area contributed by atoms with Crippen LogP contribution in [0.4, 0.5) is 0 Å². The van der Waals surface area contributed by atoms with E-state index in [-0.39, 0.29) is 60.0 Å². The first-order valence-corrected chi connectivity index (χ1v) is 16.9. The van der Waals surface area contributed by atoms with Gasteiger partial charge in [-0.2, -0.15) is 5.26 Å². The zero-order chi connectivity index (χ0) is 35.0. The smallest absolute Gasteiger partial charge is 0.336 e. The first kappa shape index (κ1) is 36.3. The molecule has 3 aliphatic carbocycles. The van der Waals surface area contributed by atoms with Crippen LogP contribution in [0.25, 0.3) is 0 Å². The normalized spacial score (nSPS) is 32.7. The van der Waals surface area contributed by atoms with E-state index in [9.17, 15) is 29.2 Å². The van der Waals surface area contributed by atoms with Gasteiger partial charge in [-0.05, 0) is 90.8 Å². The third-order valence-corrected chi connectivity index (χ3v) is 10.7. The maximum absolute atomic E-state index is 14.3. The lowest BCUT2D eigenvalue weighted by atomic mass is 9.62. The van der Waals surface area contributed by atoms with Gasteiger partial charge in [-0.25, -0.2) is 47.7 Å². The highest BCUT2D eigenvalue weighted by molar-refractivity contribution is 5.34. The Labute approximate surface area is 276 Å². The van der Waals surface area contributed by atoms with Crippen molar-refractivity contribution in [2.24, 2.45) is 43.0 Å². The molecule has 3 saturated carbocycles. The SMILES string of the molecule is CC1(C)CC(Cn2c(=O)n(CC3(C)CC(N=C=O)CC(C)(C)C3)c(=O)n(CC3(C)CC(N=C=O)CC(C)(C)C3)c2=O)CC(OC#N)C1. The van der Waals surface area contributed by atoms with Crippen LogP contribution < -0.4 is 17.1 Å². The Morgan fingerprint density at radius 1 is 0.681 bits per heavy atom. The molecule has 258 valence electrons. The molecule has 1 aromatic rings. The number of hydrogen-bond acceptors (Lipinski definition) is 9. The van der Waals surface area contributed by atoms with Gasteiger partial charge in [-0.3, -0.25) is 0 Å². The van der Waals surface area contributed by atoms with E-state index in [0.29, 0.717) is 51.4 Å². The Kier molecular flexibility index (Phi) is 10.2. The summed E-state index contributed by atoms with van der Waals surface area (Å²) in [6.07, 6.45) is 10.5. The van der Waals surface area contributed by atoms with Gasteiger partial charge in [0.25, 0.3) is 6.26 Å². The van der Waals surface area contributed by atoms with Crippen LogP contribution in [0.3, 0.4) is 0 Å². The number of hydrogen-bond donors (Lipinski definition) is 0. The molecule has 0 aromatic carbocycles. The monoisotopic (exact) mass is 652 g/mol. The van der Waals surface area contributed by atoms with Gasteiger partial charge >= 0.3 is 17.1 Å². The number of nitrogens with zero attached hydrogens (tertiary/aromatic N) is 6. The summed E-state index contributed by atoms with van der Waals surface area (Å²) >= 11 is 0. The third kappa shape index (κ3) is 8.69. The van der Waals surface area contributed by atoms with E-state index in [2.05, 4.69) is 51.5 Å². The highest BCUT2D eigenvalue weighted by Gasteiger charge is 2.45. The minimum Gasteiger partial charge on any atom is -0.424 e. The third-order valence-electron chi connectivity index (χ3n) is 10.7. The van der Waals surface area contributed by atoms with Crippen molar-refractivity contribution in [1.29, 1.82) is 5.26 Å². The van der Waals surface area contributed by atoms with E-state index < -0.39 is 27.9 Å². The van der Waals surface area contributed by atoms with Crippen molar-refractivity contribution in [3.8, 4) is 6.26 Å². The van der Waals surface area contributed by atoms with Crippen LogP contribution in [0.2, 0.25) is 0 Å². The van der Waals surface area contributed by atoms with E-state index >= 15 is 0 Å². The standard InChI is InChI=1S/C35H52N6O6/c1-31(2)10-24(9-27(15-31)47-21-36)16-39-28(44)40(19-34(7)13-25(37-22-42)11-32(3,4)17-34)30(46)41(29(39)45)20-35(8)14-26(38-23-43)12-33(5,6)18-35/h24-27H,9-20H2,1-8H3. The summed E-state index contributed by atoms with van der Waals surface area (Å²) in [5, 5.41) is 9.22. The molecule has 0 bridgehead atoms. The van der Waals surface area contributed by atoms with Crippen LogP contribution in [0, 0.1) is 44.5 Å². The largest absolute Gasteiger partial charge is 0.424 e. The van der Waals surface area contributed by atoms with Gasteiger partial charge in [0.2, 0.25) is 12.2 Å². The van der Waals surface area contributed by atoms with E-state index in [0.717, 1.165) is 6.42 Å². The fourth-order valence-electron chi connectivity index (χ4n) is 10.2. The molecule has 47 heavy (non-hydrogen) atoms. The molecular weight excluding hydrogens is 600 g/mol. The molecule has 3 aliphatic rings. The number of carbonyl (C=O) groups excluding carboxylic acids is 2. The van der Waals surface area contributed by atoms with E-state index in [1.807, 2.05) is 13.8 Å². The summed E-state index contributed by atoms with van der Waals surface area (Å²) in [5.74, 6) is -0.132. The van der Waals surface area contributed by atoms with Gasteiger partial charge in [-0.15, -0.1) is 0 Å². The summed E-state index contributed by atoms with van der Waals surface area (Å²) in [6, 6.07) is -0.574. The van der Waals surface area contributed by atoms with Crippen molar-refractivity contribution in [3.05, 3.63) is 31.5 Å². The predicted octanol–water partition coefficient (Wildman–Crippen LogP) is 4.71. The molecule has 6 atom stereocenters. The highest BCUT2D eigenvalue weighted by Crippen LogP contribution is 2.49. The Morgan fingerprint density at radius 2 is 1.13 bits per heavy atom. The topological polar surface area (TPSA) is 158 Å². The van der Waals surface area contributed by atoms with Crippen molar-refractivity contribution >= 4 is 12.2 Å². The lowest BCUT2D eigenvalue weighted by molar-refractivity contribution is 0.0241. The Bertz CT molecular complexity index is 1570. The van der Waals surface area contributed by atoms with Crippen molar-refractivity contribution in [3.63, 3.8) is 0 Å². The second-order valence-electron chi connectivity index (χ2n) is 18.0. The van der Waals surface area contributed by atoms with Gasteiger partial charge in [-0.1, -0.05) is 55.4 Å². The molecule has 0 N–H and O–H groups in total.